The van der Waals surface area contributed by atoms with E-state index in [1.54, 1.807) is 7.05 Å². The number of rotatable bonds is 6. The summed E-state index contributed by atoms with van der Waals surface area (Å²) in [6.45, 7) is 2.65. The van der Waals surface area contributed by atoms with E-state index in [0.717, 1.165) is 12.8 Å². The second-order valence-corrected chi connectivity index (χ2v) is 3.17. The number of hydrogen-bond donors (Lipinski definition) is 2. The van der Waals surface area contributed by atoms with Crippen LogP contribution in [0.4, 0.5) is 5.82 Å². The topological polar surface area (TPSA) is 76.1 Å². The fraction of sp³-hybridized carbons (Fsp3) is 0.500. The Bertz CT molecular complexity index is 343. The maximum Gasteiger partial charge on any atom is 0.256 e. The molecule has 0 bridgehead atoms. The molecule has 1 amide bonds. The van der Waals surface area contributed by atoms with Crippen molar-refractivity contribution in [1.82, 2.24) is 15.3 Å². The molecule has 0 radical (unpaired) electrons. The molecule has 0 aromatic carbocycles. The molecular formula is C10H16N4O2. The van der Waals surface area contributed by atoms with Crippen LogP contribution in [0.15, 0.2) is 12.5 Å². The second-order valence-electron chi connectivity index (χ2n) is 3.17. The Hall–Kier alpha value is -1.69. The van der Waals surface area contributed by atoms with E-state index in [1.807, 2.05) is 0 Å². The lowest BCUT2D eigenvalue weighted by molar-refractivity contribution is 0.0961. The molecule has 1 heterocycles. The predicted octanol–water partition coefficient (Wildman–Crippen LogP) is 0.980. The lowest BCUT2D eigenvalue weighted by Crippen LogP contribution is -2.20. The van der Waals surface area contributed by atoms with Gasteiger partial charge in [0.2, 0.25) is 0 Å². The van der Waals surface area contributed by atoms with E-state index in [2.05, 4.69) is 27.7 Å². The molecule has 0 aliphatic rings. The summed E-state index contributed by atoms with van der Waals surface area (Å²) in [4.78, 5) is 24.3. The second kappa shape index (κ2) is 6.73. The summed E-state index contributed by atoms with van der Waals surface area (Å²) in [5, 5.41) is 2.51. The summed E-state index contributed by atoms with van der Waals surface area (Å²) >= 11 is 0. The summed E-state index contributed by atoms with van der Waals surface area (Å²) in [5.41, 5.74) is 3.01. The normalized spacial score (nSPS) is 9.88. The molecule has 6 heteroatoms. The smallest absolute Gasteiger partial charge is 0.256 e. The van der Waals surface area contributed by atoms with E-state index in [1.165, 1.54) is 12.5 Å². The minimum atomic E-state index is -0.248. The molecule has 2 N–H and O–H groups in total. The molecule has 0 aliphatic heterocycles. The molecule has 0 saturated carbocycles. The monoisotopic (exact) mass is 224 g/mol. The SMILES string of the molecule is CCCCONc1ncncc1C(=O)NC. The molecule has 1 rings (SSSR count). The third-order valence-electron chi connectivity index (χ3n) is 1.95. The van der Waals surface area contributed by atoms with Crippen molar-refractivity contribution in [3.8, 4) is 0 Å². The minimum Gasteiger partial charge on any atom is -0.355 e. The van der Waals surface area contributed by atoms with Gasteiger partial charge in [-0.1, -0.05) is 13.3 Å². The highest BCUT2D eigenvalue weighted by Crippen LogP contribution is 2.09. The standard InChI is InChI=1S/C10H16N4O2/c1-3-4-5-16-14-9-8(10(15)11-2)6-12-7-13-9/h6-7H,3-5H2,1-2H3,(H,11,15)(H,12,13,14). The molecular weight excluding hydrogens is 208 g/mol. The zero-order valence-corrected chi connectivity index (χ0v) is 9.49. The number of nitrogens with one attached hydrogen (secondary N) is 2. The average Bonchev–Trinajstić information content (AvgIpc) is 2.34. The zero-order valence-electron chi connectivity index (χ0n) is 9.49. The van der Waals surface area contributed by atoms with Crippen LogP contribution < -0.4 is 10.8 Å². The molecule has 0 saturated heterocycles. The largest absolute Gasteiger partial charge is 0.355 e. The van der Waals surface area contributed by atoms with E-state index in [0.29, 0.717) is 18.0 Å². The van der Waals surface area contributed by atoms with E-state index in [-0.39, 0.29) is 5.91 Å². The van der Waals surface area contributed by atoms with Crippen molar-refractivity contribution in [1.29, 1.82) is 0 Å². The van der Waals surface area contributed by atoms with Crippen molar-refractivity contribution in [3.05, 3.63) is 18.1 Å². The lowest BCUT2D eigenvalue weighted by Gasteiger charge is -2.08. The van der Waals surface area contributed by atoms with Crippen molar-refractivity contribution in [2.24, 2.45) is 0 Å². The highest BCUT2D eigenvalue weighted by Gasteiger charge is 2.10. The minimum absolute atomic E-state index is 0.248. The Morgan fingerprint density at radius 3 is 3.06 bits per heavy atom. The number of amides is 1. The molecule has 1 aromatic heterocycles. The van der Waals surface area contributed by atoms with Gasteiger partial charge in [0.05, 0.1) is 6.61 Å². The van der Waals surface area contributed by atoms with E-state index < -0.39 is 0 Å². The van der Waals surface area contributed by atoms with Crippen LogP contribution in [-0.2, 0) is 4.84 Å². The van der Waals surface area contributed by atoms with Gasteiger partial charge in [-0.15, -0.1) is 0 Å². The zero-order chi connectivity index (χ0) is 11.8. The molecule has 0 spiro atoms. The van der Waals surface area contributed by atoms with Crippen LogP contribution in [0.25, 0.3) is 0 Å². The first-order valence-electron chi connectivity index (χ1n) is 5.19. The van der Waals surface area contributed by atoms with E-state index in [9.17, 15) is 4.79 Å². The molecule has 0 aliphatic carbocycles. The molecule has 16 heavy (non-hydrogen) atoms. The summed E-state index contributed by atoms with van der Waals surface area (Å²) in [5.74, 6) is 0.132. The molecule has 0 unspecified atom stereocenters. The van der Waals surface area contributed by atoms with Crippen molar-refractivity contribution in [2.45, 2.75) is 19.8 Å². The van der Waals surface area contributed by atoms with E-state index >= 15 is 0 Å². The van der Waals surface area contributed by atoms with Gasteiger partial charge in [-0.05, 0) is 6.42 Å². The van der Waals surface area contributed by atoms with Crippen molar-refractivity contribution in [3.63, 3.8) is 0 Å². The number of hydrogen-bond acceptors (Lipinski definition) is 5. The van der Waals surface area contributed by atoms with Crippen LogP contribution >= 0.6 is 0 Å². The highest BCUT2D eigenvalue weighted by atomic mass is 16.6. The van der Waals surface area contributed by atoms with Crippen LogP contribution in [0, 0.1) is 0 Å². The maximum atomic E-state index is 11.4. The van der Waals surface area contributed by atoms with Gasteiger partial charge in [-0.2, -0.15) is 0 Å². The summed E-state index contributed by atoms with van der Waals surface area (Å²) < 4.78 is 0. The number of aromatic nitrogens is 2. The molecule has 0 fully saturated rings. The average molecular weight is 224 g/mol. The Labute approximate surface area is 94.4 Å². The van der Waals surface area contributed by atoms with Crippen LogP contribution in [0.3, 0.4) is 0 Å². The van der Waals surface area contributed by atoms with Gasteiger partial charge in [0.25, 0.3) is 5.91 Å². The van der Waals surface area contributed by atoms with Gasteiger partial charge in [0, 0.05) is 13.2 Å². The maximum absolute atomic E-state index is 11.4. The van der Waals surface area contributed by atoms with Gasteiger partial charge in [0.15, 0.2) is 5.82 Å². The quantitative estimate of drug-likeness (QED) is 0.556. The Kier molecular flexibility index (Phi) is 5.21. The van der Waals surface area contributed by atoms with Crippen molar-refractivity contribution in [2.75, 3.05) is 19.1 Å². The summed E-state index contributed by atoms with van der Waals surface area (Å²) in [7, 11) is 1.55. The fourth-order valence-electron chi connectivity index (χ4n) is 1.05. The first kappa shape index (κ1) is 12.4. The van der Waals surface area contributed by atoms with Crippen molar-refractivity contribution < 1.29 is 9.63 Å². The van der Waals surface area contributed by atoms with Gasteiger partial charge in [-0.25, -0.2) is 15.4 Å². The molecule has 6 nitrogen and oxygen atoms in total. The van der Waals surface area contributed by atoms with Crippen LogP contribution in [0.2, 0.25) is 0 Å². The van der Waals surface area contributed by atoms with E-state index in [4.69, 9.17) is 4.84 Å². The number of unbranched alkanes of at least 4 members (excludes halogenated alkanes) is 1. The van der Waals surface area contributed by atoms with Gasteiger partial charge >= 0.3 is 0 Å². The molecule has 88 valence electrons. The Morgan fingerprint density at radius 1 is 1.56 bits per heavy atom. The third kappa shape index (κ3) is 3.47. The van der Waals surface area contributed by atoms with Crippen LogP contribution in [0.5, 0.6) is 0 Å². The number of carbonyl (C=O) groups is 1. The first-order chi connectivity index (χ1) is 7.79. The lowest BCUT2D eigenvalue weighted by atomic mass is 10.3. The fourth-order valence-corrected chi connectivity index (χ4v) is 1.05. The number of carbonyl (C=O) groups excluding carboxylic acids is 1. The van der Waals surface area contributed by atoms with Gasteiger partial charge < -0.3 is 5.32 Å². The van der Waals surface area contributed by atoms with Gasteiger partial charge in [0.1, 0.15) is 11.9 Å². The summed E-state index contributed by atoms with van der Waals surface area (Å²) in [6, 6.07) is 0. The Morgan fingerprint density at radius 2 is 2.38 bits per heavy atom. The number of nitrogens with zero attached hydrogens (tertiary/aromatic N) is 2. The first-order valence-corrected chi connectivity index (χ1v) is 5.19. The third-order valence-corrected chi connectivity index (χ3v) is 1.95. The Balaban J connectivity index is 2.60. The molecule has 0 atom stereocenters. The number of anilines is 1. The predicted molar refractivity (Wildman–Crippen MR) is 59.9 cm³/mol. The summed E-state index contributed by atoms with van der Waals surface area (Å²) in [6.07, 6.45) is 4.80. The van der Waals surface area contributed by atoms with Crippen LogP contribution in [0.1, 0.15) is 30.1 Å². The highest BCUT2D eigenvalue weighted by molar-refractivity contribution is 5.98. The van der Waals surface area contributed by atoms with Crippen molar-refractivity contribution >= 4 is 11.7 Å². The van der Waals surface area contributed by atoms with Gasteiger partial charge in [-0.3, -0.25) is 9.63 Å². The molecule has 1 aromatic rings. The van der Waals surface area contributed by atoms with Crippen LogP contribution in [-0.4, -0.2) is 29.5 Å².